The van der Waals surface area contributed by atoms with Gasteiger partial charge in [0.05, 0.1) is 54.2 Å². The van der Waals surface area contributed by atoms with Crippen molar-refractivity contribution in [1.29, 1.82) is 0 Å². The molecule has 2 atom stereocenters. The number of nitrogens with two attached hydrogens (primary N) is 1. The molecule has 2 aromatic carbocycles. The molecule has 6 heterocycles. The van der Waals surface area contributed by atoms with Crippen molar-refractivity contribution in [3.05, 3.63) is 93.9 Å². The van der Waals surface area contributed by atoms with Crippen LogP contribution < -0.4 is 39.8 Å². The van der Waals surface area contributed by atoms with Gasteiger partial charge in [0.25, 0.3) is 5.91 Å². The van der Waals surface area contributed by atoms with Crippen LogP contribution in [0, 0.1) is 0 Å². The molecule has 1 amide bonds. The summed E-state index contributed by atoms with van der Waals surface area (Å²) in [4.78, 5) is 37.7. The molecule has 4 N–H and O–H groups in total. The van der Waals surface area contributed by atoms with E-state index in [1.807, 2.05) is 73.6 Å². The SMILES string of the molecule is COc1ccnc2c(N(C)C)c(C(=O)N[C@H]3CCOc4ccccc43)sc12.COc1ccnc2c(N(C)C)c(C(=O)O)sc12.N[C@H]1CCOc2ccccc21. The summed E-state index contributed by atoms with van der Waals surface area (Å²) in [5, 5.41) is 12.4. The Labute approximate surface area is 327 Å². The second kappa shape index (κ2) is 17.2. The Bertz CT molecular complexity index is 2310. The highest BCUT2D eigenvalue weighted by molar-refractivity contribution is 7.22. The van der Waals surface area contributed by atoms with Gasteiger partial charge in [-0.3, -0.25) is 14.8 Å². The Balaban J connectivity index is 0.000000156. The Morgan fingerprint density at radius 3 is 1.78 bits per heavy atom. The number of carbonyl (C=O) groups excluding carboxylic acids is 1. The number of para-hydroxylation sites is 2. The third-order valence-electron chi connectivity index (χ3n) is 9.03. The van der Waals surface area contributed by atoms with Crippen molar-refractivity contribution < 1.29 is 33.6 Å². The Morgan fingerprint density at radius 2 is 1.25 bits per heavy atom. The first kappa shape index (κ1) is 39.1. The van der Waals surface area contributed by atoms with Crippen molar-refractivity contribution in [1.82, 2.24) is 15.3 Å². The smallest absolute Gasteiger partial charge is 0.348 e. The van der Waals surface area contributed by atoms with Crippen LogP contribution in [0.15, 0.2) is 73.1 Å². The minimum atomic E-state index is -0.946. The van der Waals surface area contributed by atoms with E-state index in [9.17, 15) is 14.7 Å². The normalized spacial score (nSPS) is 15.4. The number of methoxy groups -OCH3 is 2. The minimum Gasteiger partial charge on any atom is -0.495 e. The zero-order valence-corrected chi connectivity index (χ0v) is 33.1. The molecule has 6 aromatic rings. The molecule has 0 aliphatic carbocycles. The van der Waals surface area contributed by atoms with Gasteiger partial charge in [-0.25, -0.2) is 4.79 Å². The Kier molecular flexibility index (Phi) is 12.2. The zero-order valence-electron chi connectivity index (χ0n) is 31.5. The summed E-state index contributed by atoms with van der Waals surface area (Å²) in [7, 11) is 10.6. The Hall–Kier alpha value is -5.64. The summed E-state index contributed by atoms with van der Waals surface area (Å²) in [5.74, 6) is 2.11. The zero-order chi connectivity index (χ0) is 39.2. The first-order chi connectivity index (χ1) is 26.5. The highest BCUT2D eigenvalue weighted by Gasteiger charge is 2.28. The lowest BCUT2D eigenvalue weighted by Crippen LogP contribution is -2.32. The average Bonchev–Trinajstić information content (AvgIpc) is 3.79. The number of hydrogen-bond donors (Lipinski definition) is 3. The molecule has 0 saturated carbocycles. The highest BCUT2D eigenvalue weighted by Crippen LogP contribution is 2.42. The van der Waals surface area contributed by atoms with Gasteiger partial charge in [-0.1, -0.05) is 36.4 Å². The number of carboxylic acids is 1. The van der Waals surface area contributed by atoms with Gasteiger partial charge in [0.1, 0.15) is 43.8 Å². The molecule has 0 saturated heterocycles. The van der Waals surface area contributed by atoms with E-state index in [2.05, 4.69) is 15.3 Å². The fourth-order valence-corrected chi connectivity index (χ4v) is 8.84. The van der Waals surface area contributed by atoms with Crippen LogP contribution in [0.3, 0.4) is 0 Å². The number of nitrogens with zero attached hydrogens (tertiary/aromatic N) is 4. The van der Waals surface area contributed by atoms with E-state index in [1.165, 1.54) is 22.7 Å². The molecule has 2 aliphatic rings. The number of fused-ring (bicyclic) bond motifs is 4. The van der Waals surface area contributed by atoms with Gasteiger partial charge in [-0.15, -0.1) is 22.7 Å². The number of nitrogens with one attached hydrogen (secondary N) is 1. The number of amides is 1. The standard InChI is InChI=1S/C20H21N3O3S.C11H12N2O3S.C9H11NO/c1-23(2)17-16-18(15(25-3)8-10-21-16)27-19(17)20(24)22-13-9-11-26-14-7-5-4-6-12(13)14;1-13(2)8-7-9(17-10(8)11(14)15)6(16-3)4-5-12-7;10-8-5-6-11-9-4-2-1-3-7(8)9/h4-8,10,13H,9,11H2,1-3H3,(H,22,24);4-5H,1-3H3,(H,14,15);1-4,8H,5-6,10H2/t13-;;8-/m0.0/s1. The molecular formula is C40H44N6O7S2. The molecule has 15 heteroatoms. The van der Waals surface area contributed by atoms with Crippen molar-refractivity contribution >= 4 is 66.4 Å². The molecule has 0 bridgehead atoms. The highest BCUT2D eigenvalue weighted by atomic mass is 32.1. The van der Waals surface area contributed by atoms with Crippen molar-refractivity contribution in [2.45, 2.75) is 24.9 Å². The lowest BCUT2D eigenvalue weighted by Gasteiger charge is -2.26. The fraction of sp³-hybridized carbons (Fsp3) is 0.300. The third kappa shape index (κ3) is 8.23. The number of pyridine rings is 2. The van der Waals surface area contributed by atoms with Gasteiger partial charge < -0.3 is 44.9 Å². The molecule has 8 rings (SSSR count). The molecule has 0 unspecified atom stereocenters. The van der Waals surface area contributed by atoms with Crippen molar-refractivity contribution in [3.63, 3.8) is 0 Å². The molecule has 0 radical (unpaired) electrons. The summed E-state index contributed by atoms with van der Waals surface area (Å²) < 4.78 is 23.4. The van der Waals surface area contributed by atoms with Gasteiger partial charge >= 0.3 is 5.97 Å². The summed E-state index contributed by atoms with van der Waals surface area (Å²) in [6, 6.07) is 19.4. The van der Waals surface area contributed by atoms with E-state index in [0.717, 1.165) is 68.4 Å². The lowest BCUT2D eigenvalue weighted by atomic mass is 10.0. The van der Waals surface area contributed by atoms with E-state index in [0.29, 0.717) is 28.4 Å². The number of hydrogen-bond acceptors (Lipinski definition) is 13. The van der Waals surface area contributed by atoms with Crippen molar-refractivity contribution in [3.8, 4) is 23.0 Å². The summed E-state index contributed by atoms with van der Waals surface area (Å²) in [6.45, 7) is 1.34. The molecule has 0 spiro atoms. The molecular weight excluding hydrogens is 741 g/mol. The van der Waals surface area contributed by atoms with Crippen LogP contribution >= 0.6 is 22.7 Å². The van der Waals surface area contributed by atoms with Crippen molar-refractivity contribution in [2.75, 3.05) is 65.4 Å². The van der Waals surface area contributed by atoms with Crippen LogP contribution in [0.5, 0.6) is 23.0 Å². The van der Waals surface area contributed by atoms with E-state index in [-0.39, 0.29) is 22.9 Å². The van der Waals surface area contributed by atoms with Crippen LogP contribution in [0.25, 0.3) is 20.4 Å². The Morgan fingerprint density at radius 1 is 0.764 bits per heavy atom. The van der Waals surface area contributed by atoms with Gasteiger partial charge in [0.15, 0.2) is 0 Å². The second-order valence-electron chi connectivity index (χ2n) is 13.0. The number of aromatic carboxylic acids is 1. The van der Waals surface area contributed by atoms with Gasteiger partial charge in [0, 0.05) is 70.6 Å². The van der Waals surface area contributed by atoms with E-state index >= 15 is 0 Å². The first-order valence-corrected chi connectivity index (χ1v) is 19.2. The summed E-state index contributed by atoms with van der Waals surface area (Å²) in [6.07, 6.45) is 4.99. The third-order valence-corrected chi connectivity index (χ3v) is 11.4. The second-order valence-corrected chi connectivity index (χ2v) is 15.1. The van der Waals surface area contributed by atoms with Crippen LogP contribution in [0.4, 0.5) is 11.4 Å². The van der Waals surface area contributed by atoms with Gasteiger partial charge in [-0.05, 0) is 24.3 Å². The number of benzene rings is 2. The molecule has 55 heavy (non-hydrogen) atoms. The van der Waals surface area contributed by atoms with E-state index < -0.39 is 5.97 Å². The van der Waals surface area contributed by atoms with Gasteiger partial charge in [0.2, 0.25) is 0 Å². The monoisotopic (exact) mass is 784 g/mol. The number of carbonyl (C=O) groups is 2. The number of carboxylic acid groups (broad SMARTS) is 1. The number of thiophene rings is 2. The maximum atomic E-state index is 13.2. The lowest BCUT2D eigenvalue weighted by molar-refractivity contribution is 0.0702. The quantitative estimate of drug-likeness (QED) is 0.150. The molecule has 0 fully saturated rings. The molecule has 288 valence electrons. The average molecular weight is 785 g/mol. The minimum absolute atomic E-state index is 0.0717. The van der Waals surface area contributed by atoms with Crippen LogP contribution in [0.1, 0.15) is 55.4 Å². The number of ether oxygens (including phenoxy) is 4. The number of aromatic nitrogens is 2. The number of rotatable bonds is 7. The van der Waals surface area contributed by atoms with E-state index in [1.54, 1.807) is 51.7 Å². The summed E-state index contributed by atoms with van der Waals surface area (Å²) in [5.41, 5.74) is 10.9. The van der Waals surface area contributed by atoms with Crippen molar-refractivity contribution in [2.24, 2.45) is 5.73 Å². The largest absolute Gasteiger partial charge is 0.495 e. The fourth-order valence-electron chi connectivity index (χ4n) is 6.45. The predicted molar refractivity (Wildman–Crippen MR) is 218 cm³/mol. The maximum Gasteiger partial charge on any atom is 0.348 e. The molecule has 4 aromatic heterocycles. The van der Waals surface area contributed by atoms with Crippen LogP contribution in [-0.2, 0) is 0 Å². The van der Waals surface area contributed by atoms with E-state index in [4.69, 9.17) is 24.7 Å². The molecule has 2 aliphatic heterocycles. The van der Waals surface area contributed by atoms with Crippen LogP contribution in [-0.4, -0.2) is 82.6 Å². The predicted octanol–water partition coefficient (Wildman–Crippen LogP) is 7.16. The van der Waals surface area contributed by atoms with Crippen LogP contribution in [0.2, 0.25) is 0 Å². The maximum absolute atomic E-state index is 13.2. The first-order valence-electron chi connectivity index (χ1n) is 17.5. The number of anilines is 2. The topological polar surface area (TPSA) is 162 Å². The van der Waals surface area contributed by atoms with Gasteiger partial charge in [-0.2, -0.15) is 0 Å². The molecule has 13 nitrogen and oxygen atoms in total. The summed E-state index contributed by atoms with van der Waals surface area (Å²) >= 11 is 2.59.